The Morgan fingerprint density at radius 3 is 2.62 bits per heavy atom. The van der Waals surface area contributed by atoms with Crippen molar-refractivity contribution >= 4 is 28.3 Å². The molecule has 7 nitrogen and oxygen atoms in total. The summed E-state index contributed by atoms with van der Waals surface area (Å²) in [6.07, 6.45) is 3.54. The fourth-order valence-electron chi connectivity index (χ4n) is 4.76. The van der Waals surface area contributed by atoms with E-state index in [9.17, 15) is 9.18 Å². The van der Waals surface area contributed by atoms with Gasteiger partial charge in [-0.05, 0) is 80.9 Å². The highest BCUT2D eigenvalue weighted by Gasteiger charge is 2.20. The number of aromatic nitrogens is 4. The molecule has 1 atom stereocenters. The van der Waals surface area contributed by atoms with Gasteiger partial charge in [-0.2, -0.15) is 0 Å². The molecule has 0 aliphatic heterocycles. The van der Waals surface area contributed by atoms with Crippen LogP contribution in [0.15, 0.2) is 91.3 Å². The van der Waals surface area contributed by atoms with Gasteiger partial charge in [0.05, 0.1) is 17.4 Å². The van der Waals surface area contributed by atoms with Crippen LogP contribution in [0.3, 0.4) is 0 Å². The van der Waals surface area contributed by atoms with Crippen molar-refractivity contribution in [2.45, 2.75) is 19.9 Å². The minimum atomic E-state index is -0.411. The highest BCUT2D eigenvalue weighted by atomic mass is 19.1. The lowest BCUT2D eigenvalue weighted by Crippen LogP contribution is -2.35. The summed E-state index contributed by atoms with van der Waals surface area (Å²) in [4.78, 5) is 26.6. The van der Waals surface area contributed by atoms with Gasteiger partial charge in [0, 0.05) is 34.5 Å². The zero-order valence-electron chi connectivity index (χ0n) is 23.3. The van der Waals surface area contributed by atoms with Gasteiger partial charge in [-0.25, -0.2) is 14.4 Å². The van der Waals surface area contributed by atoms with E-state index >= 15 is 0 Å². The molecule has 0 radical (unpaired) electrons. The normalized spacial score (nSPS) is 11.7. The number of rotatable bonds is 5. The van der Waals surface area contributed by atoms with Gasteiger partial charge in [0.1, 0.15) is 28.5 Å². The lowest BCUT2D eigenvalue weighted by molar-refractivity contribution is -0.117. The van der Waals surface area contributed by atoms with Gasteiger partial charge in [-0.1, -0.05) is 36.3 Å². The second-order valence-corrected chi connectivity index (χ2v) is 9.94. The molecule has 0 saturated carbocycles. The molecule has 0 fully saturated rings. The van der Waals surface area contributed by atoms with Crippen LogP contribution in [0.4, 0.5) is 10.2 Å². The Kier molecular flexibility index (Phi) is 7.17. The highest BCUT2D eigenvalue weighted by Crippen LogP contribution is 2.35. The highest BCUT2D eigenvalue weighted by molar-refractivity contribution is 5.94. The van der Waals surface area contributed by atoms with E-state index in [1.807, 2.05) is 66.1 Å². The van der Waals surface area contributed by atoms with Gasteiger partial charge in [0.25, 0.3) is 0 Å². The Bertz CT molecular complexity index is 2020. The van der Waals surface area contributed by atoms with Gasteiger partial charge in [0.2, 0.25) is 5.91 Å². The van der Waals surface area contributed by atoms with Gasteiger partial charge in [0.15, 0.2) is 0 Å². The summed E-state index contributed by atoms with van der Waals surface area (Å²) < 4.78 is 16.5. The van der Waals surface area contributed by atoms with E-state index in [2.05, 4.69) is 27.5 Å². The van der Waals surface area contributed by atoms with Crippen molar-refractivity contribution in [1.29, 1.82) is 0 Å². The number of hydrogen-bond donors (Lipinski definition) is 2. The first kappa shape index (κ1) is 26.8. The molecule has 0 aliphatic carbocycles. The molecule has 0 spiro atoms. The van der Waals surface area contributed by atoms with E-state index in [4.69, 9.17) is 9.97 Å². The van der Waals surface area contributed by atoms with E-state index in [-0.39, 0.29) is 11.4 Å². The Labute approximate surface area is 242 Å². The maximum absolute atomic E-state index is 14.5. The first-order valence-corrected chi connectivity index (χ1v) is 13.5. The van der Waals surface area contributed by atoms with Crippen molar-refractivity contribution < 1.29 is 9.18 Å². The number of halogens is 1. The number of nitrogens with zero attached hydrogens (tertiary/aromatic N) is 4. The number of carbonyl (C=O) groups excluding carboxylic acids is 1. The van der Waals surface area contributed by atoms with E-state index in [0.717, 1.165) is 33.7 Å². The smallest absolute Gasteiger partial charge is 0.242 e. The molecule has 4 aromatic heterocycles. The van der Waals surface area contributed by atoms with E-state index < -0.39 is 11.9 Å². The predicted molar refractivity (Wildman–Crippen MR) is 163 cm³/mol. The van der Waals surface area contributed by atoms with E-state index in [0.29, 0.717) is 22.5 Å². The van der Waals surface area contributed by atoms with Crippen LogP contribution in [0.2, 0.25) is 0 Å². The minimum Gasteiger partial charge on any atom is -0.309 e. The molecular formula is C34H27FN6O. The fourth-order valence-corrected chi connectivity index (χ4v) is 4.76. The maximum atomic E-state index is 14.5. The van der Waals surface area contributed by atoms with Crippen LogP contribution in [-0.2, 0) is 4.79 Å². The van der Waals surface area contributed by atoms with Crippen molar-refractivity contribution in [3.63, 3.8) is 0 Å². The maximum Gasteiger partial charge on any atom is 0.242 e. The SMILES string of the molecule is CN[C@@H](C)C(=O)Nc1ccc(-c2c(-c3ccccc3)nc3cc(C)ccn23)c(C#Cc2ccc(F)c3ncccc23)n1. The summed E-state index contributed by atoms with van der Waals surface area (Å²) in [5.41, 5.74) is 6.47. The third kappa shape index (κ3) is 5.09. The molecule has 4 heterocycles. The van der Waals surface area contributed by atoms with E-state index in [1.165, 1.54) is 6.07 Å². The largest absolute Gasteiger partial charge is 0.309 e. The number of pyridine rings is 3. The first-order chi connectivity index (χ1) is 20.4. The Morgan fingerprint density at radius 1 is 0.976 bits per heavy atom. The number of hydrogen-bond acceptors (Lipinski definition) is 5. The van der Waals surface area contributed by atoms with Crippen LogP contribution < -0.4 is 10.6 Å². The summed E-state index contributed by atoms with van der Waals surface area (Å²) in [6, 6.07) is 23.8. The third-order valence-electron chi connectivity index (χ3n) is 7.09. The number of imidazole rings is 1. The Balaban J connectivity index is 1.58. The average molecular weight is 555 g/mol. The quantitative estimate of drug-likeness (QED) is 0.255. The standard InChI is InChI=1S/C34H27FN6O/c1-21-17-19-41-30(20-21)40-31(24-8-5-4-6-9-24)33(41)26-13-16-29(39-34(42)22(2)36-3)38-28(26)15-12-23-11-14-27(35)32-25(23)10-7-18-37-32/h4-11,13-14,16-20,22,36H,1-3H3,(H,38,39,42)/t22-/m0/s1. The molecule has 2 aromatic carbocycles. The molecule has 42 heavy (non-hydrogen) atoms. The van der Waals surface area contributed by atoms with Gasteiger partial charge in [-0.3, -0.25) is 14.2 Å². The zero-order chi connectivity index (χ0) is 29.2. The summed E-state index contributed by atoms with van der Waals surface area (Å²) in [5, 5.41) is 6.41. The monoisotopic (exact) mass is 554 g/mol. The predicted octanol–water partition coefficient (Wildman–Crippen LogP) is 6.01. The molecule has 0 unspecified atom stereocenters. The average Bonchev–Trinajstić information content (AvgIpc) is 3.39. The third-order valence-corrected chi connectivity index (χ3v) is 7.09. The molecular weight excluding hydrogens is 527 g/mol. The topological polar surface area (TPSA) is 84.2 Å². The Hall–Kier alpha value is -5.39. The molecule has 6 rings (SSSR count). The number of anilines is 1. The van der Waals surface area contributed by atoms with Crippen molar-refractivity contribution in [1.82, 2.24) is 24.7 Å². The molecule has 0 aliphatic rings. The van der Waals surface area contributed by atoms with Gasteiger partial charge >= 0.3 is 0 Å². The molecule has 206 valence electrons. The van der Waals surface area contributed by atoms with Crippen LogP contribution in [-0.4, -0.2) is 38.3 Å². The van der Waals surface area contributed by atoms with Crippen LogP contribution >= 0.6 is 0 Å². The van der Waals surface area contributed by atoms with Crippen LogP contribution in [0, 0.1) is 24.6 Å². The molecule has 1 amide bonds. The molecule has 8 heteroatoms. The van der Waals surface area contributed by atoms with Gasteiger partial charge in [-0.15, -0.1) is 0 Å². The number of nitrogens with one attached hydrogen (secondary N) is 2. The molecule has 6 aromatic rings. The van der Waals surface area contributed by atoms with Crippen LogP contribution in [0.1, 0.15) is 23.7 Å². The summed E-state index contributed by atoms with van der Waals surface area (Å²) >= 11 is 0. The number of aryl methyl sites for hydroxylation is 1. The summed E-state index contributed by atoms with van der Waals surface area (Å²) in [6.45, 7) is 3.80. The number of fused-ring (bicyclic) bond motifs is 2. The summed E-state index contributed by atoms with van der Waals surface area (Å²) in [5.74, 6) is 6.15. The second kappa shape index (κ2) is 11.2. The van der Waals surface area contributed by atoms with Crippen molar-refractivity contribution in [3.8, 4) is 34.4 Å². The molecule has 0 bridgehead atoms. The fraction of sp³-hybridized carbons (Fsp3) is 0.118. The molecule has 0 saturated heterocycles. The zero-order valence-corrected chi connectivity index (χ0v) is 23.3. The van der Waals surface area contributed by atoms with Crippen molar-refractivity contribution in [3.05, 3.63) is 114 Å². The van der Waals surface area contributed by atoms with Crippen molar-refractivity contribution in [2.24, 2.45) is 0 Å². The van der Waals surface area contributed by atoms with Crippen LogP contribution in [0.5, 0.6) is 0 Å². The lowest BCUT2D eigenvalue weighted by Gasteiger charge is -2.13. The minimum absolute atomic E-state index is 0.220. The van der Waals surface area contributed by atoms with E-state index in [1.54, 1.807) is 44.4 Å². The molecule has 2 N–H and O–H groups in total. The number of carbonyl (C=O) groups is 1. The van der Waals surface area contributed by atoms with Crippen LogP contribution in [0.25, 0.3) is 39.1 Å². The second-order valence-electron chi connectivity index (χ2n) is 9.94. The lowest BCUT2D eigenvalue weighted by atomic mass is 10.0. The van der Waals surface area contributed by atoms with Gasteiger partial charge < -0.3 is 10.6 Å². The summed E-state index contributed by atoms with van der Waals surface area (Å²) in [7, 11) is 1.72. The number of benzene rings is 2. The number of amides is 1. The number of likely N-dealkylation sites (N-methyl/N-ethyl adjacent to an activating group) is 1. The van der Waals surface area contributed by atoms with Crippen molar-refractivity contribution in [2.75, 3.05) is 12.4 Å². The Morgan fingerprint density at radius 2 is 1.81 bits per heavy atom. The first-order valence-electron chi connectivity index (χ1n) is 13.5.